The van der Waals surface area contributed by atoms with E-state index in [-0.39, 0.29) is 25.4 Å². The average molecular weight is 611 g/mol. The number of allylic oxidation sites excluding steroid dienone is 2. The normalized spacial score (nSPS) is 25.0. The lowest BCUT2D eigenvalue weighted by Gasteiger charge is -2.42. The Bertz CT molecular complexity index is 1460. The number of halogens is 6. The number of benzene rings is 1. The van der Waals surface area contributed by atoms with Gasteiger partial charge in [-0.3, -0.25) is 9.59 Å². The Kier molecular flexibility index (Phi) is 8.16. The fraction of sp³-hybridized carbons (Fsp3) is 0.448. The lowest BCUT2D eigenvalue weighted by atomic mass is 9.59. The van der Waals surface area contributed by atoms with Gasteiger partial charge < -0.3 is 19.2 Å². The van der Waals surface area contributed by atoms with Crippen LogP contribution in [0, 0.1) is 17.8 Å². The van der Waals surface area contributed by atoms with Crippen LogP contribution in [0.25, 0.3) is 6.08 Å². The van der Waals surface area contributed by atoms with Crippen LogP contribution in [0.5, 0.6) is 0 Å². The highest BCUT2D eigenvalue weighted by Gasteiger charge is 2.57. The van der Waals surface area contributed by atoms with Crippen molar-refractivity contribution < 1.29 is 55.1 Å². The van der Waals surface area contributed by atoms with E-state index in [1.807, 2.05) is 6.92 Å². The second-order valence-corrected chi connectivity index (χ2v) is 11.3. The number of carbonyl (C=O) groups excluding carboxylic acids is 2. The summed E-state index contributed by atoms with van der Waals surface area (Å²) in [4.78, 5) is 27.6. The Hall–Kier alpha value is -3.36. The standard InChI is InChI=1S/C29H28BF6NO6/c1-14(7-19-4-5-20(13-38)42-19)3-6-23-24-15(2)8-21-25(22(24)12-30(41)43-23)27(40)37(26(21)39)18-10-16(28(31,32)33)9-17(11-18)29(34,35)36/h4-5,7,9-11,21-23,25,38,41H,3,6,8,12-13H2,1-2H3/b14-7+/t21-,22+,23-,25-/m1/s1. The molecule has 0 spiro atoms. The van der Waals surface area contributed by atoms with Gasteiger partial charge in [0.15, 0.2) is 0 Å². The lowest BCUT2D eigenvalue weighted by Crippen LogP contribution is -2.46. The van der Waals surface area contributed by atoms with Gasteiger partial charge in [-0.15, -0.1) is 0 Å². The summed E-state index contributed by atoms with van der Waals surface area (Å²) in [6.07, 6.45) is -8.25. The second kappa shape index (κ2) is 11.3. The van der Waals surface area contributed by atoms with Crippen LogP contribution >= 0.6 is 0 Å². The Balaban J connectivity index is 1.43. The Labute approximate surface area is 242 Å². The molecule has 1 aromatic carbocycles. The molecular formula is C29H28BF6NO6. The molecule has 2 aromatic rings. The Morgan fingerprint density at radius 3 is 2.28 bits per heavy atom. The maximum atomic E-state index is 13.7. The molecule has 230 valence electrons. The van der Waals surface area contributed by atoms with E-state index in [1.165, 1.54) is 0 Å². The lowest BCUT2D eigenvalue weighted by molar-refractivity contribution is -0.143. The third-order valence-corrected chi connectivity index (χ3v) is 8.31. The fourth-order valence-corrected chi connectivity index (χ4v) is 6.47. The van der Waals surface area contributed by atoms with Gasteiger partial charge in [0.05, 0.1) is 34.8 Å². The molecule has 0 saturated carbocycles. The molecule has 2 N–H and O–H groups in total. The van der Waals surface area contributed by atoms with Crippen LogP contribution in [-0.2, 0) is 33.2 Å². The minimum absolute atomic E-state index is 0.0568. The quantitative estimate of drug-likeness (QED) is 0.180. The predicted octanol–water partition coefficient (Wildman–Crippen LogP) is 6.01. The van der Waals surface area contributed by atoms with E-state index in [1.54, 1.807) is 25.1 Å². The number of fused-ring (bicyclic) bond motifs is 3. The van der Waals surface area contributed by atoms with Crippen LogP contribution in [0.1, 0.15) is 55.8 Å². The average Bonchev–Trinajstić information content (AvgIpc) is 3.47. The van der Waals surface area contributed by atoms with Crippen LogP contribution in [0.4, 0.5) is 32.0 Å². The molecule has 2 amide bonds. The van der Waals surface area contributed by atoms with Gasteiger partial charge in [-0.2, -0.15) is 26.3 Å². The molecule has 0 unspecified atom stereocenters. The third-order valence-electron chi connectivity index (χ3n) is 8.31. The molecule has 3 aliphatic rings. The predicted molar refractivity (Wildman–Crippen MR) is 142 cm³/mol. The number of hydrogen-bond donors (Lipinski definition) is 2. The number of imide groups is 1. The number of aliphatic hydroxyl groups is 1. The first kappa shape index (κ1) is 31.1. The van der Waals surface area contributed by atoms with E-state index in [9.17, 15) is 46.1 Å². The highest BCUT2D eigenvalue weighted by atomic mass is 19.4. The molecular weight excluding hydrogens is 583 g/mol. The summed E-state index contributed by atoms with van der Waals surface area (Å²) in [5.74, 6) is -3.61. The zero-order valence-electron chi connectivity index (χ0n) is 23.1. The van der Waals surface area contributed by atoms with Crippen molar-refractivity contribution in [2.75, 3.05) is 4.90 Å². The highest BCUT2D eigenvalue weighted by Crippen LogP contribution is 2.51. The molecule has 1 aliphatic carbocycles. The van der Waals surface area contributed by atoms with Crippen LogP contribution in [0.2, 0.25) is 6.32 Å². The minimum atomic E-state index is -5.15. The number of alkyl halides is 6. The van der Waals surface area contributed by atoms with Crippen molar-refractivity contribution in [2.24, 2.45) is 17.8 Å². The van der Waals surface area contributed by atoms with E-state index in [0.717, 1.165) is 11.1 Å². The number of hydrogen-bond acceptors (Lipinski definition) is 6. The number of aliphatic hydroxyl groups excluding tert-OH is 1. The largest absolute Gasteiger partial charge is 0.459 e. The smallest absolute Gasteiger partial charge is 0.455 e. The molecule has 7 nitrogen and oxygen atoms in total. The highest BCUT2D eigenvalue weighted by molar-refractivity contribution is 6.43. The number of anilines is 1. The summed E-state index contributed by atoms with van der Waals surface area (Å²) in [5.41, 5.74) is -1.72. The van der Waals surface area contributed by atoms with Crippen molar-refractivity contribution in [2.45, 2.75) is 64.5 Å². The molecule has 2 fully saturated rings. The van der Waals surface area contributed by atoms with Crippen LogP contribution in [0.3, 0.4) is 0 Å². The van der Waals surface area contributed by atoms with Crippen molar-refractivity contribution in [1.82, 2.24) is 0 Å². The third kappa shape index (κ3) is 6.05. The molecule has 14 heteroatoms. The van der Waals surface area contributed by atoms with Crippen molar-refractivity contribution in [3.63, 3.8) is 0 Å². The molecule has 43 heavy (non-hydrogen) atoms. The molecule has 1 aromatic heterocycles. The Morgan fingerprint density at radius 1 is 1.05 bits per heavy atom. The van der Waals surface area contributed by atoms with Crippen LogP contribution < -0.4 is 4.90 Å². The molecule has 3 heterocycles. The number of furan rings is 1. The zero-order valence-corrected chi connectivity index (χ0v) is 23.1. The van der Waals surface area contributed by atoms with Gasteiger partial charge in [-0.1, -0.05) is 11.1 Å². The first-order valence-electron chi connectivity index (χ1n) is 13.7. The van der Waals surface area contributed by atoms with E-state index in [0.29, 0.717) is 47.0 Å². The van der Waals surface area contributed by atoms with Crippen molar-refractivity contribution in [1.29, 1.82) is 0 Å². The summed E-state index contributed by atoms with van der Waals surface area (Å²) in [7, 11) is -1.30. The molecule has 4 atom stereocenters. The number of carbonyl (C=O) groups is 2. The molecule has 2 saturated heterocycles. The molecule has 0 bridgehead atoms. The van der Waals surface area contributed by atoms with Gasteiger partial charge in [-0.25, -0.2) is 4.90 Å². The maximum Gasteiger partial charge on any atom is 0.455 e. The first-order valence-corrected chi connectivity index (χ1v) is 13.7. The van der Waals surface area contributed by atoms with E-state index >= 15 is 0 Å². The summed E-state index contributed by atoms with van der Waals surface area (Å²) in [6, 6.07) is 4.05. The Morgan fingerprint density at radius 2 is 1.70 bits per heavy atom. The van der Waals surface area contributed by atoms with Gasteiger partial charge in [0.1, 0.15) is 18.1 Å². The number of amides is 2. The van der Waals surface area contributed by atoms with Crippen molar-refractivity contribution in [3.8, 4) is 0 Å². The SMILES string of the molecule is CC1=C2[C@@H](CC/C(C)=C/c3ccc(CO)o3)OB(O)C[C@@H]2[C@@H]2C(=O)N(c3cc(C(F)(F)F)cc(C(F)(F)F)c3)C(=O)[C@@H]2C1. The van der Waals surface area contributed by atoms with Gasteiger partial charge in [0.2, 0.25) is 11.8 Å². The summed E-state index contributed by atoms with van der Waals surface area (Å²) in [6.45, 7) is 3.37. The van der Waals surface area contributed by atoms with Gasteiger partial charge in [0.25, 0.3) is 0 Å². The van der Waals surface area contributed by atoms with Gasteiger partial charge >= 0.3 is 19.5 Å². The maximum absolute atomic E-state index is 13.7. The number of rotatable bonds is 6. The van der Waals surface area contributed by atoms with Crippen LogP contribution in [-0.4, -0.2) is 35.2 Å². The monoisotopic (exact) mass is 611 g/mol. The minimum Gasteiger partial charge on any atom is -0.459 e. The fourth-order valence-electron chi connectivity index (χ4n) is 6.47. The van der Waals surface area contributed by atoms with Gasteiger partial charge in [0, 0.05) is 0 Å². The van der Waals surface area contributed by atoms with Crippen molar-refractivity contribution in [3.05, 3.63) is 69.7 Å². The molecule has 5 rings (SSSR count). The van der Waals surface area contributed by atoms with Crippen LogP contribution in [0.15, 0.2) is 51.5 Å². The topological polar surface area (TPSA) is 100 Å². The second-order valence-electron chi connectivity index (χ2n) is 11.3. The van der Waals surface area contributed by atoms with Gasteiger partial charge in [-0.05, 0) is 87.3 Å². The zero-order chi connectivity index (χ0) is 31.4. The summed E-state index contributed by atoms with van der Waals surface area (Å²) in [5, 5.41) is 19.8. The van der Waals surface area contributed by atoms with E-state index < -0.39 is 72.0 Å². The van der Waals surface area contributed by atoms with E-state index in [2.05, 4.69) is 0 Å². The molecule has 0 radical (unpaired) electrons. The van der Waals surface area contributed by atoms with E-state index in [4.69, 9.17) is 9.07 Å². The summed E-state index contributed by atoms with van der Waals surface area (Å²) >= 11 is 0. The summed E-state index contributed by atoms with van der Waals surface area (Å²) < 4.78 is 92.4. The molecule has 2 aliphatic heterocycles. The first-order chi connectivity index (χ1) is 20.1. The van der Waals surface area contributed by atoms with Crippen molar-refractivity contribution >= 4 is 30.7 Å². The number of nitrogens with zero attached hydrogens (tertiary/aromatic N) is 1.